The average Bonchev–Trinajstić information content (AvgIpc) is 3.41. The lowest BCUT2D eigenvalue weighted by Gasteiger charge is -2.36. The van der Waals surface area contributed by atoms with Gasteiger partial charge in [0.1, 0.15) is 12.1 Å². The molecule has 3 rings (SSSR count). The van der Waals surface area contributed by atoms with Gasteiger partial charge in [0.2, 0.25) is 23.4 Å². The van der Waals surface area contributed by atoms with E-state index in [0.29, 0.717) is 30.8 Å². The smallest absolute Gasteiger partial charge is 0.316 e. The van der Waals surface area contributed by atoms with Crippen LogP contribution in [0.2, 0.25) is 0 Å². The van der Waals surface area contributed by atoms with Crippen LogP contribution in [0.25, 0.3) is 0 Å². The van der Waals surface area contributed by atoms with E-state index < -0.39 is 59.1 Å². The number of nitrogens with two attached hydrogens (primary N) is 1. The first-order valence-electron chi connectivity index (χ1n) is 15.5. The maximum atomic E-state index is 13.8. The Kier molecular flexibility index (Phi) is 13.5. The number of rotatable bonds is 12. The number of carbonyl (C=O) groups excluding carboxylic acids is 6. The van der Waals surface area contributed by atoms with Crippen molar-refractivity contribution in [3.8, 4) is 0 Å². The van der Waals surface area contributed by atoms with Gasteiger partial charge in [-0.1, -0.05) is 67.7 Å². The predicted molar refractivity (Wildman–Crippen MR) is 169 cm³/mol. The van der Waals surface area contributed by atoms with Crippen LogP contribution in [0.15, 0.2) is 6.20 Å². The van der Waals surface area contributed by atoms with E-state index >= 15 is 0 Å². The molecular formula is C31H50N6O6S. The Morgan fingerprint density at radius 3 is 2.14 bits per heavy atom. The average molecular weight is 635 g/mol. The summed E-state index contributed by atoms with van der Waals surface area (Å²) in [6, 6.07) is -4.45. The first-order valence-corrected chi connectivity index (χ1v) is 16.3. The fourth-order valence-corrected chi connectivity index (χ4v) is 5.67. The summed E-state index contributed by atoms with van der Waals surface area (Å²) >= 11 is 1.25. The first kappa shape index (κ1) is 36.8. The van der Waals surface area contributed by atoms with Gasteiger partial charge in [-0.25, -0.2) is 9.78 Å². The van der Waals surface area contributed by atoms with Gasteiger partial charge < -0.3 is 26.6 Å². The Hall–Kier alpha value is -3.35. The molecule has 246 valence electrons. The zero-order valence-electron chi connectivity index (χ0n) is 27.3. The second kappa shape index (κ2) is 16.1. The molecule has 4 atom stereocenters. The molecule has 0 aromatic carbocycles. The number of nitrogens with zero attached hydrogens (tertiary/aromatic N) is 2. The van der Waals surface area contributed by atoms with Gasteiger partial charge in [-0.3, -0.25) is 24.0 Å². The lowest BCUT2D eigenvalue weighted by atomic mass is 9.85. The number of primary amides is 1. The van der Waals surface area contributed by atoms with Crippen molar-refractivity contribution in [2.45, 2.75) is 118 Å². The lowest BCUT2D eigenvalue weighted by Crippen LogP contribution is -2.61. The van der Waals surface area contributed by atoms with Gasteiger partial charge in [0.15, 0.2) is 5.01 Å². The normalized spacial score (nSPS) is 18.4. The molecule has 2 aliphatic rings. The second-order valence-electron chi connectivity index (χ2n) is 13.1. The summed E-state index contributed by atoms with van der Waals surface area (Å²) in [5.74, 6) is -3.24. The molecule has 1 aromatic heterocycles. The minimum Gasteiger partial charge on any atom is -0.363 e. The largest absolute Gasteiger partial charge is 0.363 e. The third kappa shape index (κ3) is 10.4. The van der Waals surface area contributed by atoms with E-state index in [-0.39, 0.29) is 17.6 Å². The molecule has 44 heavy (non-hydrogen) atoms. The molecule has 1 saturated heterocycles. The Labute approximate surface area is 264 Å². The van der Waals surface area contributed by atoms with Crippen LogP contribution in [0, 0.1) is 24.2 Å². The Morgan fingerprint density at radius 2 is 1.66 bits per heavy atom. The highest BCUT2D eigenvalue weighted by Crippen LogP contribution is 2.34. The third-order valence-electron chi connectivity index (χ3n) is 7.44. The number of Topliss-reactive ketones (excluding diaryl/α,β-unsaturated/α-hetero) is 2. The molecule has 5 amide bonds. The molecule has 0 radical (unpaired) electrons. The molecule has 1 aromatic rings. The van der Waals surface area contributed by atoms with Crippen LogP contribution in [0.1, 0.15) is 102 Å². The van der Waals surface area contributed by atoms with Crippen molar-refractivity contribution in [3.63, 3.8) is 0 Å². The minimum atomic E-state index is -1.11. The monoisotopic (exact) mass is 634 g/mol. The van der Waals surface area contributed by atoms with E-state index in [1.165, 1.54) is 22.7 Å². The molecule has 1 aliphatic carbocycles. The van der Waals surface area contributed by atoms with Gasteiger partial charge in [0.25, 0.3) is 5.91 Å². The van der Waals surface area contributed by atoms with Crippen LogP contribution in [-0.4, -0.2) is 75.9 Å². The summed E-state index contributed by atoms with van der Waals surface area (Å²) in [5, 5.41) is 8.41. The zero-order chi connectivity index (χ0) is 33.4. The second-order valence-corrected chi connectivity index (χ2v) is 14.4. The number of thiazole rings is 1. The first-order chi connectivity index (χ1) is 20.5. The van der Waals surface area contributed by atoms with Crippen LogP contribution >= 0.6 is 11.3 Å². The molecule has 13 heteroatoms. The van der Waals surface area contributed by atoms with Gasteiger partial charge in [-0.05, 0) is 43.4 Å². The lowest BCUT2D eigenvalue weighted by molar-refractivity contribution is -0.143. The van der Waals surface area contributed by atoms with Gasteiger partial charge in [-0.2, -0.15) is 0 Å². The highest BCUT2D eigenvalue weighted by molar-refractivity contribution is 7.13. The molecule has 0 spiro atoms. The van der Waals surface area contributed by atoms with Crippen LogP contribution in [0.4, 0.5) is 4.79 Å². The maximum Gasteiger partial charge on any atom is 0.316 e. The standard InChI is InChI=1S/C28H42N6O6S.C3H8/c1-14(2)19(21(36)25-30-13-15(3)41-25)32-27(40)33-22(28(4,5)6)26(39)34-11-7-8-18(34)24(38)31-17(12-16-9-10-16)20(35)23(29)37;1-3-2/h13-14,16-19,22H,7-12H2,1-6H3,(H2,29,37)(H,31,38)(H2,32,33,40);3H2,1-2H3. The molecule has 12 nitrogen and oxygen atoms in total. The van der Waals surface area contributed by atoms with Gasteiger partial charge in [0, 0.05) is 17.6 Å². The number of nitrogens with one attached hydrogen (secondary N) is 3. The van der Waals surface area contributed by atoms with Crippen LogP contribution in [-0.2, 0) is 19.2 Å². The zero-order valence-corrected chi connectivity index (χ0v) is 28.1. The van der Waals surface area contributed by atoms with Crippen molar-refractivity contribution in [1.29, 1.82) is 0 Å². The van der Waals surface area contributed by atoms with E-state index in [9.17, 15) is 28.8 Å². The molecule has 2 fully saturated rings. The molecule has 5 N–H and O–H groups in total. The van der Waals surface area contributed by atoms with E-state index in [1.54, 1.807) is 27.0 Å². The fraction of sp³-hybridized carbons (Fsp3) is 0.710. The number of aryl methyl sites for hydroxylation is 1. The number of urea groups is 1. The SMILES string of the molecule is CCC.Cc1cnc(C(=O)C(NC(=O)NC(C(=O)N2CCCC2C(=O)NC(CC2CC2)C(=O)C(N)=O)C(C)(C)C)C(C)C)s1. The summed E-state index contributed by atoms with van der Waals surface area (Å²) in [6.45, 7) is 15.4. The quantitative estimate of drug-likeness (QED) is 0.201. The van der Waals surface area contributed by atoms with Crippen molar-refractivity contribution < 1.29 is 28.8 Å². The van der Waals surface area contributed by atoms with E-state index in [0.717, 1.165) is 17.7 Å². The summed E-state index contributed by atoms with van der Waals surface area (Å²) in [5.41, 5.74) is 4.47. The molecule has 2 heterocycles. The summed E-state index contributed by atoms with van der Waals surface area (Å²) in [6.07, 6.45) is 5.95. The van der Waals surface area contributed by atoms with Crippen LogP contribution in [0.5, 0.6) is 0 Å². The number of aromatic nitrogens is 1. The van der Waals surface area contributed by atoms with Crippen molar-refractivity contribution in [2.24, 2.45) is 23.0 Å². The number of carbonyl (C=O) groups is 6. The Morgan fingerprint density at radius 1 is 1.05 bits per heavy atom. The third-order valence-corrected chi connectivity index (χ3v) is 8.36. The Balaban J connectivity index is 0.00000216. The summed E-state index contributed by atoms with van der Waals surface area (Å²) in [4.78, 5) is 83.7. The number of ketones is 2. The number of amides is 5. The minimum absolute atomic E-state index is 0.236. The van der Waals surface area contributed by atoms with E-state index in [1.807, 2.05) is 20.8 Å². The van der Waals surface area contributed by atoms with E-state index in [2.05, 4.69) is 34.8 Å². The molecule has 1 saturated carbocycles. The number of hydrogen-bond acceptors (Lipinski definition) is 8. The molecule has 1 aliphatic heterocycles. The van der Waals surface area contributed by atoms with Gasteiger partial charge >= 0.3 is 6.03 Å². The van der Waals surface area contributed by atoms with Gasteiger partial charge in [-0.15, -0.1) is 11.3 Å². The number of hydrogen-bond donors (Lipinski definition) is 4. The summed E-state index contributed by atoms with van der Waals surface area (Å²) < 4.78 is 0. The highest BCUT2D eigenvalue weighted by Gasteiger charge is 2.43. The fourth-order valence-electron chi connectivity index (χ4n) is 4.93. The topological polar surface area (TPSA) is 181 Å². The van der Waals surface area contributed by atoms with Crippen LogP contribution < -0.4 is 21.7 Å². The van der Waals surface area contributed by atoms with Crippen LogP contribution in [0.3, 0.4) is 0 Å². The van der Waals surface area contributed by atoms with E-state index in [4.69, 9.17) is 5.73 Å². The van der Waals surface area contributed by atoms with Gasteiger partial charge in [0.05, 0.1) is 12.1 Å². The van der Waals surface area contributed by atoms with Crippen molar-refractivity contribution in [3.05, 3.63) is 16.1 Å². The maximum absolute atomic E-state index is 13.8. The van der Waals surface area contributed by atoms with Crippen molar-refractivity contribution in [1.82, 2.24) is 25.8 Å². The number of likely N-dealkylation sites (tertiary alicyclic amines) is 1. The molecule has 0 bridgehead atoms. The molecular weight excluding hydrogens is 584 g/mol. The Bertz CT molecular complexity index is 1200. The predicted octanol–water partition coefficient (Wildman–Crippen LogP) is 3.12. The van der Waals surface area contributed by atoms with Crippen molar-refractivity contribution >= 4 is 46.7 Å². The summed E-state index contributed by atoms with van der Waals surface area (Å²) in [7, 11) is 0. The molecule has 4 unspecified atom stereocenters. The van der Waals surface area contributed by atoms with Crippen molar-refractivity contribution in [2.75, 3.05) is 6.54 Å². The highest BCUT2D eigenvalue weighted by atomic mass is 32.1.